The molecule has 0 saturated heterocycles. The lowest BCUT2D eigenvalue weighted by molar-refractivity contribution is -0.127. The van der Waals surface area contributed by atoms with E-state index in [-0.39, 0.29) is 5.91 Å². The fraction of sp³-hybridized carbons (Fsp3) is 0.316. The third-order valence-corrected chi connectivity index (χ3v) is 5.92. The van der Waals surface area contributed by atoms with E-state index < -0.39 is 0 Å². The number of hydrogen-bond acceptors (Lipinski definition) is 6. The first kappa shape index (κ1) is 19.4. The van der Waals surface area contributed by atoms with E-state index in [9.17, 15) is 4.79 Å². The molecule has 0 radical (unpaired) electrons. The molecule has 0 aliphatic heterocycles. The Hall–Kier alpha value is -2.32. The zero-order valence-electron chi connectivity index (χ0n) is 15.6. The van der Waals surface area contributed by atoms with E-state index in [1.54, 1.807) is 23.3 Å². The van der Waals surface area contributed by atoms with Gasteiger partial charge in [-0.05, 0) is 42.6 Å². The Kier molecular flexibility index (Phi) is 6.52. The van der Waals surface area contributed by atoms with Crippen LogP contribution in [0.2, 0.25) is 0 Å². The number of aromatic nitrogens is 3. The van der Waals surface area contributed by atoms with Gasteiger partial charge in [-0.3, -0.25) is 4.79 Å². The summed E-state index contributed by atoms with van der Waals surface area (Å²) in [6, 6.07) is 11.8. The molecule has 0 aliphatic rings. The first-order chi connectivity index (χ1) is 13.1. The highest BCUT2D eigenvalue weighted by atomic mass is 32.2. The van der Waals surface area contributed by atoms with Crippen LogP contribution in [0.25, 0.3) is 11.4 Å². The third kappa shape index (κ3) is 4.70. The molecule has 1 aromatic carbocycles. The Labute approximate surface area is 167 Å². The summed E-state index contributed by atoms with van der Waals surface area (Å²) in [5.41, 5.74) is 0.970. The van der Waals surface area contributed by atoms with E-state index in [4.69, 9.17) is 4.74 Å². The van der Waals surface area contributed by atoms with E-state index in [0.29, 0.717) is 12.3 Å². The summed E-state index contributed by atoms with van der Waals surface area (Å²) >= 11 is 3.08. The van der Waals surface area contributed by atoms with Crippen molar-refractivity contribution < 1.29 is 9.53 Å². The van der Waals surface area contributed by atoms with Crippen molar-refractivity contribution in [1.82, 2.24) is 19.7 Å². The predicted octanol–water partition coefficient (Wildman–Crippen LogP) is 3.79. The summed E-state index contributed by atoms with van der Waals surface area (Å²) in [5.74, 6) is 2.00. The van der Waals surface area contributed by atoms with Gasteiger partial charge in [0.15, 0.2) is 11.0 Å². The van der Waals surface area contributed by atoms with Crippen molar-refractivity contribution in [2.45, 2.75) is 25.2 Å². The van der Waals surface area contributed by atoms with Crippen LogP contribution in [0.15, 0.2) is 46.9 Å². The lowest BCUT2D eigenvalue weighted by Gasteiger charge is -2.16. The first-order valence-electron chi connectivity index (χ1n) is 8.59. The van der Waals surface area contributed by atoms with Crippen molar-refractivity contribution >= 4 is 29.0 Å². The van der Waals surface area contributed by atoms with Gasteiger partial charge in [0.1, 0.15) is 5.75 Å². The Morgan fingerprint density at radius 2 is 2.04 bits per heavy atom. The molecule has 0 aliphatic carbocycles. The molecule has 0 unspecified atom stereocenters. The van der Waals surface area contributed by atoms with Crippen LogP contribution in [0.1, 0.15) is 11.8 Å². The van der Waals surface area contributed by atoms with Gasteiger partial charge in [0.2, 0.25) is 5.91 Å². The van der Waals surface area contributed by atoms with Crippen molar-refractivity contribution in [2.24, 2.45) is 0 Å². The molecule has 2 aromatic heterocycles. The molecule has 27 heavy (non-hydrogen) atoms. The van der Waals surface area contributed by atoms with Gasteiger partial charge >= 0.3 is 0 Å². The topological polar surface area (TPSA) is 60.2 Å². The summed E-state index contributed by atoms with van der Waals surface area (Å²) < 4.78 is 7.23. The van der Waals surface area contributed by atoms with Crippen LogP contribution in [-0.4, -0.2) is 45.5 Å². The Balaban J connectivity index is 1.66. The van der Waals surface area contributed by atoms with Crippen molar-refractivity contribution in [3.63, 3.8) is 0 Å². The highest BCUT2D eigenvalue weighted by molar-refractivity contribution is 7.99. The second kappa shape index (κ2) is 9.05. The molecular formula is C19H22N4O2S2. The number of benzene rings is 1. The molecule has 8 heteroatoms. The molecule has 0 N–H and O–H groups in total. The second-order valence-corrected chi connectivity index (χ2v) is 7.87. The average Bonchev–Trinajstić information content (AvgIpc) is 3.35. The summed E-state index contributed by atoms with van der Waals surface area (Å²) in [7, 11) is 3.47. The molecule has 6 nitrogen and oxygen atoms in total. The number of rotatable bonds is 8. The van der Waals surface area contributed by atoms with Crippen molar-refractivity contribution in [2.75, 3.05) is 19.9 Å². The zero-order chi connectivity index (χ0) is 19.2. The summed E-state index contributed by atoms with van der Waals surface area (Å²) in [6.45, 7) is 3.41. The zero-order valence-corrected chi connectivity index (χ0v) is 17.2. The number of thiophene rings is 1. The molecule has 0 saturated carbocycles. The minimum Gasteiger partial charge on any atom is -0.497 e. The van der Waals surface area contributed by atoms with Gasteiger partial charge in [-0.1, -0.05) is 17.8 Å². The molecule has 1 amide bonds. The van der Waals surface area contributed by atoms with Crippen LogP contribution < -0.4 is 4.74 Å². The standard InChI is InChI=1S/C19H22N4O2S2/c1-4-23-18(14-7-9-15(25-3)10-8-14)20-21-19(23)27-13-17(24)22(2)12-16-6-5-11-26-16/h5-11H,4,12-13H2,1-3H3. The number of ether oxygens (including phenoxy) is 1. The first-order valence-corrected chi connectivity index (χ1v) is 10.5. The molecule has 3 aromatic rings. The molecule has 0 bridgehead atoms. The van der Waals surface area contributed by atoms with E-state index in [1.807, 2.05) is 60.3 Å². The van der Waals surface area contributed by atoms with Crippen LogP contribution in [0.3, 0.4) is 0 Å². The van der Waals surface area contributed by atoms with E-state index in [0.717, 1.165) is 28.8 Å². The minimum absolute atomic E-state index is 0.0741. The van der Waals surface area contributed by atoms with E-state index in [1.165, 1.54) is 16.6 Å². The van der Waals surface area contributed by atoms with E-state index in [2.05, 4.69) is 10.2 Å². The Bertz CT molecular complexity index is 876. The molecular weight excluding hydrogens is 380 g/mol. The summed E-state index contributed by atoms with van der Waals surface area (Å²) in [4.78, 5) is 15.3. The van der Waals surface area contributed by atoms with Gasteiger partial charge in [-0.15, -0.1) is 21.5 Å². The number of carbonyl (C=O) groups is 1. The molecule has 0 atom stereocenters. The third-order valence-electron chi connectivity index (χ3n) is 4.10. The van der Waals surface area contributed by atoms with Crippen molar-refractivity contribution in [3.05, 3.63) is 46.7 Å². The van der Waals surface area contributed by atoms with Gasteiger partial charge in [0, 0.05) is 24.0 Å². The highest BCUT2D eigenvalue weighted by Crippen LogP contribution is 2.25. The lowest BCUT2D eigenvalue weighted by atomic mass is 10.2. The molecule has 142 valence electrons. The maximum Gasteiger partial charge on any atom is 0.233 e. The lowest BCUT2D eigenvalue weighted by Crippen LogP contribution is -2.27. The number of nitrogens with zero attached hydrogens (tertiary/aromatic N) is 4. The fourth-order valence-electron chi connectivity index (χ4n) is 2.60. The predicted molar refractivity (Wildman–Crippen MR) is 109 cm³/mol. The van der Waals surface area contributed by atoms with Gasteiger partial charge in [0.05, 0.1) is 19.4 Å². The normalized spacial score (nSPS) is 10.8. The maximum atomic E-state index is 12.4. The number of thioether (sulfide) groups is 1. The summed E-state index contributed by atoms with van der Waals surface area (Å²) in [6.07, 6.45) is 0. The van der Waals surface area contributed by atoms with Gasteiger partial charge in [-0.2, -0.15) is 0 Å². The van der Waals surface area contributed by atoms with Gasteiger partial charge in [0.25, 0.3) is 0 Å². The van der Waals surface area contributed by atoms with Gasteiger partial charge in [-0.25, -0.2) is 0 Å². The number of amides is 1. The van der Waals surface area contributed by atoms with Gasteiger partial charge < -0.3 is 14.2 Å². The number of methoxy groups -OCH3 is 1. The quantitative estimate of drug-likeness (QED) is 0.537. The van der Waals surface area contributed by atoms with Crippen LogP contribution in [0.4, 0.5) is 0 Å². The molecule has 0 spiro atoms. The smallest absolute Gasteiger partial charge is 0.233 e. The highest BCUT2D eigenvalue weighted by Gasteiger charge is 2.16. The SMILES string of the molecule is CCn1c(SCC(=O)N(C)Cc2cccs2)nnc1-c1ccc(OC)cc1. The minimum atomic E-state index is 0.0741. The Morgan fingerprint density at radius 3 is 2.67 bits per heavy atom. The molecule has 3 rings (SSSR count). The van der Waals surface area contributed by atoms with Crippen molar-refractivity contribution in [3.8, 4) is 17.1 Å². The van der Waals surface area contributed by atoms with Crippen LogP contribution in [0.5, 0.6) is 5.75 Å². The second-order valence-electron chi connectivity index (χ2n) is 5.90. The van der Waals surface area contributed by atoms with Crippen LogP contribution in [0, 0.1) is 0 Å². The maximum absolute atomic E-state index is 12.4. The number of hydrogen-bond donors (Lipinski definition) is 0. The van der Waals surface area contributed by atoms with Crippen LogP contribution >= 0.6 is 23.1 Å². The largest absolute Gasteiger partial charge is 0.497 e. The van der Waals surface area contributed by atoms with E-state index >= 15 is 0 Å². The number of carbonyl (C=O) groups excluding carboxylic acids is 1. The summed E-state index contributed by atoms with van der Waals surface area (Å²) in [5, 5.41) is 11.4. The fourth-order valence-corrected chi connectivity index (χ4v) is 4.30. The Morgan fingerprint density at radius 1 is 1.26 bits per heavy atom. The van der Waals surface area contributed by atoms with Crippen LogP contribution in [-0.2, 0) is 17.9 Å². The molecule has 0 fully saturated rings. The van der Waals surface area contributed by atoms with Crippen molar-refractivity contribution in [1.29, 1.82) is 0 Å². The monoisotopic (exact) mass is 402 g/mol. The molecule has 2 heterocycles. The average molecular weight is 403 g/mol.